The molecule has 1 aliphatic rings. The van der Waals surface area contributed by atoms with Crippen LogP contribution in [-0.4, -0.2) is 0 Å². The molecule has 0 fully saturated rings. The third-order valence-electron chi connectivity index (χ3n) is 2.48. The Balaban J connectivity index is 2.21. The van der Waals surface area contributed by atoms with Gasteiger partial charge in [0.2, 0.25) is 0 Å². The van der Waals surface area contributed by atoms with Crippen LogP contribution < -0.4 is 5.30 Å². The molecule has 2 rings (SSSR count). The maximum absolute atomic E-state index is 12.2. The van der Waals surface area contributed by atoms with Gasteiger partial charge in [-0.05, 0) is 31.1 Å². The van der Waals surface area contributed by atoms with E-state index < -0.39 is 7.80 Å². The van der Waals surface area contributed by atoms with E-state index in [1.807, 2.05) is 42.5 Å². The molecule has 0 amide bonds. The van der Waals surface area contributed by atoms with Crippen molar-refractivity contribution >= 4 is 13.1 Å². The monoisotopic (exact) mass is 217 g/mol. The summed E-state index contributed by atoms with van der Waals surface area (Å²) in [5.74, 6) is 0. The van der Waals surface area contributed by atoms with Crippen LogP contribution in [0.5, 0.6) is 0 Å². The molecule has 0 aromatic heterocycles. The van der Waals surface area contributed by atoms with E-state index in [1.165, 1.54) is 0 Å². The molecule has 0 spiro atoms. The molecule has 0 heterocycles. The highest BCUT2D eigenvalue weighted by atomic mass is 31.1. The van der Waals surface area contributed by atoms with Gasteiger partial charge in [-0.3, -0.25) is 0 Å². The predicted molar refractivity (Wildman–Crippen MR) is 64.8 cm³/mol. The minimum absolute atomic E-state index is 0.939. The topological polar surface area (TPSA) is 17.1 Å². The fraction of sp³-hybridized carbons (Fsp3) is 0.231. The Morgan fingerprint density at radius 3 is 2.73 bits per heavy atom. The standard InChI is InChI=1S/C13H14OP/c14-15(13-10-6-3-7-11-13)12-8-4-1-2-5-9-12/h1,3-4,6-8,10-11H,2,5,9H2/q+1. The van der Waals surface area contributed by atoms with Gasteiger partial charge in [-0.15, -0.1) is 0 Å². The lowest BCUT2D eigenvalue weighted by Crippen LogP contribution is -1.95. The number of benzene rings is 1. The first kappa shape index (κ1) is 10.3. The van der Waals surface area contributed by atoms with Crippen LogP contribution in [0.15, 0.2) is 53.9 Å². The Morgan fingerprint density at radius 1 is 1.13 bits per heavy atom. The lowest BCUT2D eigenvalue weighted by Gasteiger charge is -1.92. The van der Waals surface area contributed by atoms with Gasteiger partial charge in [0.25, 0.3) is 0 Å². The van der Waals surface area contributed by atoms with E-state index in [2.05, 4.69) is 6.08 Å². The predicted octanol–water partition coefficient (Wildman–Crippen LogP) is 3.76. The van der Waals surface area contributed by atoms with Gasteiger partial charge in [0, 0.05) is 6.42 Å². The van der Waals surface area contributed by atoms with E-state index in [0.29, 0.717) is 0 Å². The Labute approximate surface area is 91.3 Å². The van der Waals surface area contributed by atoms with Crippen LogP contribution in [0.3, 0.4) is 0 Å². The van der Waals surface area contributed by atoms with Crippen molar-refractivity contribution < 1.29 is 4.57 Å². The van der Waals surface area contributed by atoms with E-state index >= 15 is 0 Å². The maximum atomic E-state index is 12.2. The fourth-order valence-corrected chi connectivity index (χ4v) is 3.02. The van der Waals surface area contributed by atoms with Crippen molar-refractivity contribution in [1.29, 1.82) is 0 Å². The van der Waals surface area contributed by atoms with Crippen molar-refractivity contribution in [1.82, 2.24) is 0 Å². The summed E-state index contributed by atoms with van der Waals surface area (Å²) in [7, 11) is -1.35. The zero-order chi connectivity index (χ0) is 10.5. The van der Waals surface area contributed by atoms with Gasteiger partial charge in [0.15, 0.2) is 10.6 Å². The molecule has 1 aromatic rings. The van der Waals surface area contributed by atoms with Gasteiger partial charge < -0.3 is 0 Å². The summed E-state index contributed by atoms with van der Waals surface area (Å²) < 4.78 is 12.2. The van der Waals surface area contributed by atoms with Crippen LogP contribution >= 0.6 is 7.80 Å². The Hall–Kier alpha value is -1.20. The Bertz CT molecular complexity index is 404. The van der Waals surface area contributed by atoms with Gasteiger partial charge in [-0.25, -0.2) is 0 Å². The Kier molecular flexibility index (Phi) is 3.47. The molecule has 0 saturated carbocycles. The van der Waals surface area contributed by atoms with Crippen LogP contribution in [0.2, 0.25) is 0 Å². The van der Waals surface area contributed by atoms with Crippen LogP contribution in [0.4, 0.5) is 0 Å². The van der Waals surface area contributed by atoms with Crippen LogP contribution in [0.25, 0.3) is 0 Å². The first-order valence-corrected chi connectivity index (χ1v) is 6.52. The first-order chi connectivity index (χ1) is 7.38. The highest BCUT2D eigenvalue weighted by Gasteiger charge is 2.25. The van der Waals surface area contributed by atoms with E-state index in [4.69, 9.17) is 0 Å². The molecule has 0 aliphatic heterocycles. The average molecular weight is 217 g/mol. The lowest BCUT2D eigenvalue weighted by atomic mass is 10.2. The molecule has 1 aliphatic carbocycles. The van der Waals surface area contributed by atoms with Crippen molar-refractivity contribution in [3.63, 3.8) is 0 Å². The number of hydrogen-bond acceptors (Lipinski definition) is 1. The second kappa shape index (κ2) is 5.04. The normalized spacial score (nSPS) is 16.8. The van der Waals surface area contributed by atoms with E-state index in [1.54, 1.807) is 0 Å². The number of rotatable bonds is 2. The van der Waals surface area contributed by atoms with Crippen LogP contribution in [0, 0.1) is 0 Å². The highest BCUT2D eigenvalue weighted by Crippen LogP contribution is 2.35. The molecule has 0 saturated heterocycles. The molecule has 0 N–H and O–H groups in total. The van der Waals surface area contributed by atoms with Crippen molar-refractivity contribution in [3.05, 3.63) is 53.9 Å². The zero-order valence-corrected chi connectivity index (χ0v) is 9.49. The molecule has 2 heteroatoms. The molecule has 0 bridgehead atoms. The summed E-state index contributed by atoms with van der Waals surface area (Å²) in [5.41, 5.74) is 0. The van der Waals surface area contributed by atoms with Crippen LogP contribution in [-0.2, 0) is 4.57 Å². The van der Waals surface area contributed by atoms with Gasteiger partial charge in [-0.2, -0.15) is 0 Å². The molecule has 0 radical (unpaired) electrons. The summed E-state index contributed by atoms with van der Waals surface area (Å²) in [5, 5.41) is 2.01. The van der Waals surface area contributed by atoms with Crippen molar-refractivity contribution in [3.8, 4) is 0 Å². The molecule has 1 aromatic carbocycles. The van der Waals surface area contributed by atoms with Crippen molar-refractivity contribution in [2.24, 2.45) is 0 Å². The molecule has 1 nitrogen and oxygen atoms in total. The summed E-state index contributed by atoms with van der Waals surface area (Å²) >= 11 is 0. The molecular weight excluding hydrogens is 203 g/mol. The van der Waals surface area contributed by atoms with Gasteiger partial charge >= 0.3 is 7.80 Å². The van der Waals surface area contributed by atoms with E-state index in [0.717, 1.165) is 29.9 Å². The summed E-state index contributed by atoms with van der Waals surface area (Å²) in [6.45, 7) is 0. The lowest BCUT2D eigenvalue weighted by molar-refractivity contribution is 0.595. The second-order valence-corrected chi connectivity index (χ2v) is 5.29. The van der Waals surface area contributed by atoms with E-state index in [-0.39, 0.29) is 0 Å². The summed E-state index contributed by atoms with van der Waals surface area (Å²) in [6.07, 6.45) is 9.34. The second-order valence-electron chi connectivity index (χ2n) is 3.61. The third kappa shape index (κ3) is 2.64. The number of allylic oxidation sites excluding steroid dienone is 4. The van der Waals surface area contributed by atoms with Crippen molar-refractivity contribution in [2.45, 2.75) is 19.3 Å². The average Bonchev–Trinajstić information content (AvgIpc) is 2.58. The zero-order valence-electron chi connectivity index (χ0n) is 8.60. The van der Waals surface area contributed by atoms with E-state index in [9.17, 15) is 4.57 Å². The SMILES string of the molecule is O=[P+](C1=CC=CCCC1)c1ccccc1. The minimum atomic E-state index is -1.35. The summed E-state index contributed by atoms with van der Waals surface area (Å²) in [6, 6.07) is 9.71. The van der Waals surface area contributed by atoms with Gasteiger partial charge in [0.05, 0.1) is 0 Å². The quantitative estimate of drug-likeness (QED) is 0.689. The smallest absolute Gasteiger partial charge is 0.0844 e. The molecule has 1 atom stereocenters. The third-order valence-corrected chi connectivity index (χ3v) is 4.14. The molecular formula is C13H14OP+. The largest absolute Gasteiger partial charge is 0.410 e. The summed E-state index contributed by atoms with van der Waals surface area (Å²) in [4.78, 5) is 0. The first-order valence-electron chi connectivity index (χ1n) is 5.26. The van der Waals surface area contributed by atoms with Crippen molar-refractivity contribution in [2.75, 3.05) is 0 Å². The fourth-order valence-electron chi connectivity index (χ4n) is 1.66. The van der Waals surface area contributed by atoms with Gasteiger partial charge in [0.1, 0.15) is 0 Å². The highest BCUT2D eigenvalue weighted by molar-refractivity contribution is 7.57. The van der Waals surface area contributed by atoms with Crippen LogP contribution in [0.1, 0.15) is 19.3 Å². The molecule has 76 valence electrons. The Morgan fingerprint density at radius 2 is 1.93 bits per heavy atom. The minimum Gasteiger partial charge on any atom is -0.0844 e. The maximum Gasteiger partial charge on any atom is 0.410 e. The molecule has 1 unspecified atom stereocenters. The molecule has 15 heavy (non-hydrogen) atoms. The van der Waals surface area contributed by atoms with Gasteiger partial charge in [-0.1, -0.05) is 34.9 Å². The number of hydrogen-bond donors (Lipinski definition) is 0.